The number of carbonyl (C=O) groups is 3. The highest BCUT2D eigenvalue weighted by Crippen LogP contribution is 2.21. The molecule has 1 fully saturated rings. The molecule has 7 heteroatoms. The van der Waals surface area contributed by atoms with Gasteiger partial charge in [0.2, 0.25) is 11.1 Å². The summed E-state index contributed by atoms with van der Waals surface area (Å²) in [5.74, 6) is -0.0639. The van der Waals surface area contributed by atoms with E-state index < -0.39 is 11.4 Å². The Morgan fingerprint density at radius 1 is 1.47 bits per heavy atom. The summed E-state index contributed by atoms with van der Waals surface area (Å²) in [6.45, 7) is 3.72. The average molecular weight is 290 g/mol. The van der Waals surface area contributed by atoms with Crippen LogP contribution in [0.1, 0.15) is 19.3 Å². The number of halogens is 1. The minimum atomic E-state index is -0.809. The van der Waals surface area contributed by atoms with E-state index in [1.807, 2.05) is 0 Å². The largest absolute Gasteiger partial charge is 0.508 e. The van der Waals surface area contributed by atoms with Gasteiger partial charge in [0, 0.05) is 18.9 Å². The molecular formula is C12H16ClNO5. The number of amides is 1. The highest BCUT2D eigenvalue weighted by molar-refractivity contribution is 6.63. The number of hydrogen-bond acceptors (Lipinski definition) is 5. The Bertz CT molecular complexity index is 371. The topological polar surface area (TPSA) is 72.9 Å². The monoisotopic (exact) mass is 289 g/mol. The van der Waals surface area contributed by atoms with Crippen LogP contribution >= 0.6 is 11.6 Å². The molecule has 0 radical (unpaired) electrons. The lowest BCUT2D eigenvalue weighted by Gasteiger charge is -2.23. The quantitative estimate of drug-likeness (QED) is 0.403. The number of hydrogen-bond donors (Lipinski definition) is 0. The van der Waals surface area contributed by atoms with Gasteiger partial charge in [-0.3, -0.25) is 9.59 Å². The van der Waals surface area contributed by atoms with E-state index in [2.05, 4.69) is 11.3 Å². The predicted molar refractivity (Wildman–Crippen MR) is 67.7 cm³/mol. The third-order valence-corrected chi connectivity index (χ3v) is 2.87. The molecule has 1 saturated heterocycles. The summed E-state index contributed by atoms with van der Waals surface area (Å²) < 4.78 is 9.40. The number of carbonyl (C=O) groups excluding carboxylic acids is 3. The molecule has 106 valence electrons. The average Bonchev–Trinajstić information content (AvgIpc) is 2.68. The third kappa shape index (κ3) is 5.30. The van der Waals surface area contributed by atoms with Gasteiger partial charge >= 0.3 is 6.16 Å². The molecule has 0 spiro atoms. The van der Waals surface area contributed by atoms with Crippen LogP contribution < -0.4 is 0 Å². The van der Waals surface area contributed by atoms with Crippen LogP contribution in [-0.2, 0) is 19.1 Å². The fraction of sp³-hybridized carbons (Fsp3) is 0.583. The van der Waals surface area contributed by atoms with Crippen molar-refractivity contribution in [3.05, 3.63) is 12.7 Å². The van der Waals surface area contributed by atoms with Gasteiger partial charge in [0.25, 0.3) is 0 Å². The maximum absolute atomic E-state index is 11.6. The lowest BCUT2D eigenvalue weighted by molar-refractivity contribution is -0.129. The van der Waals surface area contributed by atoms with Crippen LogP contribution in [0.3, 0.4) is 0 Å². The minimum absolute atomic E-state index is 0.0225. The zero-order chi connectivity index (χ0) is 14.3. The first-order valence-electron chi connectivity index (χ1n) is 5.93. The van der Waals surface area contributed by atoms with Crippen LogP contribution in [0.2, 0.25) is 0 Å². The maximum atomic E-state index is 11.6. The van der Waals surface area contributed by atoms with Crippen molar-refractivity contribution in [3.8, 4) is 0 Å². The van der Waals surface area contributed by atoms with Crippen LogP contribution in [0, 0.1) is 0 Å². The number of nitrogens with zero attached hydrogens (tertiary/aromatic N) is 1. The smallest absolute Gasteiger partial charge is 0.432 e. The Morgan fingerprint density at radius 2 is 2.21 bits per heavy atom. The first kappa shape index (κ1) is 15.5. The highest BCUT2D eigenvalue weighted by atomic mass is 35.5. The lowest BCUT2D eigenvalue weighted by atomic mass is 10.1. The minimum Gasteiger partial charge on any atom is -0.432 e. The van der Waals surface area contributed by atoms with Crippen LogP contribution in [0.5, 0.6) is 0 Å². The molecule has 0 aromatic rings. The molecule has 0 aliphatic carbocycles. The molecule has 19 heavy (non-hydrogen) atoms. The fourth-order valence-electron chi connectivity index (χ4n) is 1.89. The van der Waals surface area contributed by atoms with Crippen molar-refractivity contribution < 1.29 is 23.9 Å². The van der Waals surface area contributed by atoms with Gasteiger partial charge in [0.05, 0.1) is 6.54 Å². The Labute approximate surface area is 116 Å². The predicted octanol–water partition coefficient (Wildman–Crippen LogP) is 1.47. The summed E-state index contributed by atoms with van der Waals surface area (Å²) >= 11 is 5.32. The van der Waals surface area contributed by atoms with Gasteiger partial charge in [-0.25, -0.2) is 4.79 Å². The molecule has 1 aliphatic heterocycles. The van der Waals surface area contributed by atoms with Crippen molar-refractivity contribution in [2.75, 3.05) is 19.8 Å². The van der Waals surface area contributed by atoms with Crippen molar-refractivity contribution in [1.82, 2.24) is 4.90 Å². The SMILES string of the molecule is C=CCOC(=O)OCCN1C(=O)CCC1CC(=O)Cl. The van der Waals surface area contributed by atoms with Crippen LogP contribution in [0.25, 0.3) is 0 Å². The Kier molecular flexibility index (Phi) is 6.35. The second kappa shape index (κ2) is 7.78. The highest BCUT2D eigenvalue weighted by Gasteiger charge is 2.31. The van der Waals surface area contributed by atoms with E-state index in [1.165, 1.54) is 11.0 Å². The van der Waals surface area contributed by atoms with E-state index in [0.29, 0.717) is 12.8 Å². The van der Waals surface area contributed by atoms with Gasteiger partial charge in [0.1, 0.15) is 13.2 Å². The second-order valence-electron chi connectivity index (χ2n) is 4.04. The molecule has 0 bridgehead atoms. The molecule has 1 rings (SSSR count). The zero-order valence-corrected chi connectivity index (χ0v) is 11.2. The van der Waals surface area contributed by atoms with Crippen LogP contribution in [0.4, 0.5) is 4.79 Å². The molecule has 0 saturated carbocycles. The van der Waals surface area contributed by atoms with E-state index in [4.69, 9.17) is 16.3 Å². The zero-order valence-electron chi connectivity index (χ0n) is 10.5. The molecular weight excluding hydrogens is 274 g/mol. The van der Waals surface area contributed by atoms with Gasteiger partial charge in [-0.15, -0.1) is 0 Å². The molecule has 1 heterocycles. The van der Waals surface area contributed by atoms with E-state index in [1.54, 1.807) is 0 Å². The summed E-state index contributed by atoms with van der Waals surface area (Å²) in [6, 6.07) is -0.203. The van der Waals surface area contributed by atoms with Crippen LogP contribution in [0.15, 0.2) is 12.7 Å². The number of ether oxygens (including phenoxy) is 2. The van der Waals surface area contributed by atoms with Crippen molar-refractivity contribution in [1.29, 1.82) is 0 Å². The Morgan fingerprint density at radius 3 is 2.84 bits per heavy atom. The molecule has 1 unspecified atom stereocenters. The second-order valence-corrected chi connectivity index (χ2v) is 4.46. The summed E-state index contributed by atoms with van der Waals surface area (Å²) in [7, 11) is 0. The van der Waals surface area contributed by atoms with E-state index in [-0.39, 0.29) is 38.1 Å². The molecule has 0 N–H and O–H groups in total. The Hall–Kier alpha value is -1.56. The van der Waals surface area contributed by atoms with E-state index in [9.17, 15) is 14.4 Å². The number of likely N-dealkylation sites (tertiary alicyclic amines) is 1. The van der Waals surface area contributed by atoms with Crippen molar-refractivity contribution in [3.63, 3.8) is 0 Å². The maximum Gasteiger partial charge on any atom is 0.508 e. The van der Waals surface area contributed by atoms with Gasteiger partial charge in [-0.05, 0) is 18.0 Å². The number of rotatable bonds is 7. The molecule has 6 nitrogen and oxygen atoms in total. The molecule has 1 aliphatic rings. The summed E-state index contributed by atoms with van der Waals surface area (Å²) in [5.41, 5.74) is 0. The van der Waals surface area contributed by atoms with Crippen molar-refractivity contribution in [2.45, 2.75) is 25.3 Å². The van der Waals surface area contributed by atoms with Gasteiger partial charge in [-0.1, -0.05) is 12.7 Å². The Balaban J connectivity index is 2.33. The molecule has 1 amide bonds. The molecule has 0 aromatic heterocycles. The third-order valence-electron chi connectivity index (χ3n) is 2.72. The summed E-state index contributed by atoms with van der Waals surface area (Å²) in [4.78, 5) is 35.0. The van der Waals surface area contributed by atoms with Crippen LogP contribution in [-0.4, -0.2) is 48.0 Å². The van der Waals surface area contributed by atoms with Crippen molar-refractivity contribution in [2.24, 2.45) is 0 Å². The first-order valence-corrected chi connectivity index (χ1v) is 6.30. The standard InChI is InChI=1S/C12H16ClNO5/c1-2-6-18-12(17)19-7-5-14-9(8-10(13)15)3-4-11(14)16/h2,9H,1,3-8H2. The summed E-state index contributed by atoms with van der Waals surface area (Å²) in [5, 5.41) is -0.476. The van der Waals surface area contributed by atoms with Gasteiger partial charge in [-0.2, -0.15) is 0 Å². The van der Waals surface area contributed by atoms with E-state index in [0.717, 1.165) is 0 Å². The molecule has 0 aromatic carbocycles. The summed E-state index contributed by atoms with van der Waals surface area (Å²) in [6.07, 6.45) is 1.71. The van der Waals surface area contributed by atoms with Crippen molar-refractivity contribution >= 4 is 28.9 Å². The van der Waals surface area contributed by atoms with Gasteiger partial charge < -0.3 is 14.4 Å². The van der Waals surface area contributed by atoms with E-state index >= 15 is 0 Å². The normalized spacial score (nSPS) is 18.3. The first-order chi connectivity index (χ1) is 9.04. The van der Waals surface area contributed by atoms with Gasteiger partial charge in [0.15, 0.2) is 0 Å². The fourth-order valence-corrected chi connectivity index (χ4v) is 2.07. The lowest BCUT2D eigenvalue weighted by Crippen LogP contribution is -2.37. The molecule has 1 atom stereocenters.